The van der Waals surface area contributed by atoms with Gasteiger partial charge in [0.25, 0.3) is 0 Å². The van der Waals surface area contributed by atoms with Crippen LogP contribution >= 0.6 is 0 Å². The van der Waals surface area contributed by atoms with Gasteiger partial charge in [-0.1, -0.05) is 0 Å². The fraction of sp³-hybridized carbons (Fsp3) is 0.909. The third-order valence-electron chi connectivity index (χ3n) is 2.75. The van der Waals surface area contributed by atoms with Crippen molar-refractivity contribution in [1.82, 2.24) is 5.32 Å². The Morgan fingerprint density at radius 2 is 2.27 bits per heavy atom. The van der Waals surface area contributed by atoms with Crippen molar-refractivity contribution in [3.05, 3.63) is 0 Å². The molecule has 4 heteroatoms. The highest BCUT2D eigenvalue weighted by Crippen LogP contribution is 2.14. The summed E-state index contributed by atoms with van der Waals surface area (Å²) in [7, 11) is 1.80. The van der Waals surface area contributed by atoms with Crippen molar-refractivity contribution in [3.8, 4) is 6.07 Å². The number of hydrogen-bond acceptors (Lipinski definition) is 4. The summed E-state index contributed by atoms with van der Waals surface area (Å²) < 4.78 is 10.8. The van der Waals surface area contributed by atoms with Crippen LogP contribution in [0.15, 0.2) is 0 Å². The van der Waals surface area contributed by atoms with Gasteiger partial charge >= 0.3 is 0 Å². The van der Waals surface area contributed by atoms with Gasteiger partial charge in [0.1, 0.15) is 0 Å². The van der Waals surface area contributed by atoms with Gasteiger partial charge in [0, 0.05) is 26.4 Å². The summed E-state index contributed by atoms with van der Waals surface area (Å²) >= 11 is 0. The van der Waals surface area contributed by atoms with Crippen LogP contribution in [0.5, 0.6) is 0 Å². The Balaban J connectivity index is 1.98. The standard InChI is InChI=1S/C11H20N2O2/c1-13-11(8-12)4-7-15-9-10-2-5-14-6-3-10/h10-11,13H,2-7,9H2,1H3. The van der Waals surface area contributed by atoms with Crippen molar-refractivity contribution in [3.63, 3.8) is 0 Å². The first kappa shape index (κ1) is 12.4. The summed E-state index contributed by atoms with van der Waals surface area (Å²) in [6, 6.07) is 2.10. The van der Waals surface area contributed by atoms with Gasteiger partial charge in [0.05, 0.1) is 12.1 Å². The molecule has 1 fully saturated rings. The van der Waals surface area contributed by atoms with E-state index in [0.29, 0.717) is 12.5 Å². The molecule has 0 aliphatic carbocycles. The van der Waals surface area contributed by atoms with Crippen LogP contribution in [0.4, 0.5) is 0 Å². The molecule has 0 aromatic heterocycles. The van der Waals surface area contributed by atoms with Crippen LogP contribution in [0.3, 0.4) is 0 Å². The van der Waals surface area contributed by atoms with Gasteiger partial charge in [0.15, 0.2) is 0 Å². The molecule has 1 aliphatic rings. The molecule has 0 saturated carbocycles. The van der Waals surface area contributed by atoms with E-state index in [4.69, 9.17) is 14.7 Å². The van der Waals surface area contributed by atoms with Crippen molar-refractivity contribution in [2.45, 2.75) is 25.3 Å². The highest BCUT2D eigenvalue weighted by Gasteiger charge is 2.13. The number of rotatable bonds is 6. The Kier molecular flexibility index (Phi) is 6.33. The van der Waals surface area contributed by atoms with E-state index in [-0.39, 0.29) is 6.04 Å². The molecule has 4 nitrogen and oxygen atoms in total. The van der Waals surface area contributed by atoms with Crippen molar-refractivity contribution < 1.29 is 9.47 Å². The fourth-order valence-electron chi connectivity index (χ4n) is 1.64. The van der Waals surface area contributed by atoms with E-state index in [1.807, 2.05) is 0 Å². The summed E-state index contributed by atoms with van der Waals surface area (Å²) in [5, 5.41) is 11.6. The molecule has 1 N–H and O–H groups in total. The van der Waals surface area contributed by atoms with Gasteiger partial charge in [-0.25, -0.2) is 0 Å². The average Bonchev–Trinajstić information content (AvgIpc) is 2.31. The van der Waals surface area contributed by atoms with Gasteiger partial charge in [-0.15, -0.1) is 0 Å². The maximum absolute atomic E-state index is 8.69. The molecule has 1 rings (SSSR count). The number of nitrogens with zero attached hydrogens (tertiary/aromatic N) is 1. The molecule has 1 saturated heterocycles. The third-order valence-corrected chi connectivity index (χ3v) is 2.75. The molecular weight excluding hydrogens is 192 g/mol. The Morgan fingerprint density at radius 1 is 1.53 bits per heavy atom. The predicted molar refractivity (Wildman–Crippen MR) is 57.4 cm³/mol. The second-order valence-electron chi connectivity index (χ2n) is 3.89. The van der Waals surface area contributed by atoms with E-state index in [1.165, 1.54) is 0 Å². The molecule has 0 amide bonds. The lowest BCUT2D eigenvalue weighted by Crippen LogP contribution is -2.26. The molecule has 0 radical (unpaired) electrons. The Morgan fingerprint density at radius 3 is 2.87 bits per heavy atom. The SMILES string of the molecule is CNC(C#N)CCOCC1CCOCC1. The molecule has 1 heterocycles. The summed E-state index contributed by atoms with van der Waals surface area (Å²) in [5.41, 5.74) is 0. The zero-order valence-electron chi connectivity index (χ0n) is 9.37. The Hall–Kier alpha value is -0.630. The minimum absolute atomic E-state index is 0.0836. The largest absolute Gasteiger partial charge is 0.381 e. The van der Waals surface area contributed by atoms with Gasteiger partial charge in [-0.05, 0) is 32.2 Å². The summed E-state index contributed by atoms with van der Waals surface area (Å²) in [5.74, 6) is 0.647. The first-order valence-electron chi connectivity index (χ1n) is 5.59. The third kappa shape index (κ3) is 5.12. The van der Waals surface area contributed by atoms with Gasteiger partial charge in [-0.2, -0.15) is 5.26 Å². The van der Waals surface area contributed by atoms with Crippen LogP contribution in [0.1, 0.15) is 19.3 Å². The zero-order valence-corrected chi connectivity index (χ0v) is 9.37. The summed E-state index contributed by atoms with van der Waals surface area (Å²) in [6.07, 6.45) is 2.97. The summed E-state index contributed by atoms with van der Waals surface area (Å²) in [6.45, 7) is 3.21. The predicted octanol–water partition coefficient (Wildman–Crippen LogP) is 0.931. The van der Waals surface area contributed by atoms with Gasteiger partial charge in [0.2, 0.25) is 0 Å². The first-order valence-corrected chi connectivity index (χ1v) is 5.59. The average molecular weight is 212 g/mol. The highest BCUT2D eigenvalue weighted by atomic mass is 16.5. The van der Waals surface area contributed by atoms with Crippen molar-refractivity contribution in [2.75, 3.05) is 33.5 Å². The van der Waals surface area contributed by atoms with Crippen LogP contribution in [0.25, 0.3) is 0 Å². The van der Waals surface area contributed by atoms with Crippen LogP contribution in [0.2, 0.25) is 0 Å². The number of ether oxygens (including phenoxy) is 2. The Bertz CT molecular complexity index is 197. The molecule has 0 bridgehead atoms. The van der Waals surface area contributed by atoms with Crippen molar-refractivity contribution in [1.29, 1.82) is 5.26 Å². The monoisotopic (exact) mass is 212 g/mol. The van der Waals surface area contributed by atoms with E-state index < -0.39 is 0 Å². The molecule has 1 atom stereocenters. The minimum Gasteiger partial charge on any atom is -0.381 e. The van der Waals surface area contributed by atoms with Gasteiger partial charge < -0.3 is 14.8 Å². The number of hydrogen-bond donors (Lipinski definition) is 1. The first-order chi connectivity index (χ1) is 7.36. The highest BCUT2D eigenvalue weighted by molar-refractivity contribution is 4.88. The van der Waals surface area contributed by atoms with E-state index in [2.05, 4.69) is 11.4 Å². The summed E-state index contributed by atoms with van der Waals surface area (Å²) in [4.78, 5) is 0. The normalized spacial score (nSPS) is 19.7. The van der Waals surface area contributed by atoms with Crippen LogP contribution < -0.4 is 5.32 Å². The maximum Gasteiger partial charge on any atom is 0.0972 e. The fourth-order valence-corrected chi connectivity index (χ4v) is 1.64. The molecule has 0 aromatic rings. The minimum atomic E-state index is -0.0836. The van der Waals surface area contributed by atoms with Crippen molar-refractivity contribution in [2.24, 2.45) is 5.92 Å². The van der Waals surface area contributed by atoms with Gasteiger partial charge in [-0.3, -0.25) is 0 Å². The molecule has 0 spiro atoms. The smallest absolute Gasteiger partial charge is 0.0972 e. The number of nitrogens with one attached hydrogen (secondary N) is 1. The van der Waals surface area contributed by atoms with Crippen LogP contribution in [-0.4, -0.2) is 39.5 Å². The van der Waals surface area contributed by atoms with Crippen LogP contribution in [0, 0.1) is 17.2 Å². The second-order valence-corrected chi connectivity index (χ2v) is 3.89. The van der Waals surface area contributed by atoms with E-state index >= 15 is 0 Å². The molecular formula is C11H20N2O2. The maximum atomic E-state index is 8.69. The second kappa shape index (κ2) is 7.63. The van der Waals surface area contributed by atoms with Crippen molar-refractivity contribution >= 4 is 0 Å². The van der Waals surface area contributed by atoms with E-state index in [9.17, 15) is 0 Å². The molecule has 1 aliphatic heterocycles. The lowest BCUT2D eigenvalue weighted by atomic mass is 10.0. The lowest BCUT2D eigenvalue weighted by molar-refractivity contribution is 0.0195. The molecule has 0 aromatic carbocycles. The number of nitriles is 1. The molecule has 15 heavy (non-hydrogen) atoms. The zero-order chi connectivity index (χ0) is 10.9. The van der Waals surface area contributed by atoms with E-state index in [0.717, 1.165) is 39.1 Å². The van der Waals surface area contributed by atoms with Crippen LogP contribution in [-0.2, 0) is 9.47 Å². The topological polar surface area (TPSA) is 54.3 Å². The lowest BCUT2D eigenvalue weighted by Gasteiger charge is -2.21. The molecule has 86 valence electrons. The Labute approximate surface area is 91.6 Å². The van der Waals surface area contributed by atoms with E-state index in [1.54, 1.807) is 7.05 Å². The molecule has 1 unspecified atom stereocenters. The quantitative estimate of drug-likeness (QED) is 0.665.